The minimum absolute atomic E-state index is 0.0562. The quantitative estimate of drug-likeness (QED) is 0.757. The average Bonchev–Trinajstić information content (AvgIpc) is 3.28. The Morgan fingerprint density at radius 1 is 1.27 bits per heavy atom. The summed E-state index contributed by atoms with van der Waals surface area (Å²) in [6.45, 7) is 0.364. The minimum atomic E-state index is -0.387. The third-order valence-electron chi connectivity index (χ3n) is 4.57. The third-order valence-corrected chi connectivity index (χ3v) is 4.57. The predicted octanol–water partition coefficient (Wildman–Crippen LogP) is 2.56. The molecule has 3 aromatic rings. The molecular weight excluding hydrogens is 332 g/mol. The van der Waals surface area contributed by atoms with Gasteiger partial charge in [-0.25, -0.2) is 4.98 Å². The number of anilines is 2. The molecule has 0 aliphatic carbocycles. The zero-order chi connectivity index (χ0) is 18.1. The Morgan fingerprint density at radius 3 is 2.85 bits per heavy atom. The zero-order valence-corrected chi connectivity index (χ0v) is 14.2. The summed E-state index contributed by atoms with van der Waals surface area (Å²) in [4.78, 5) is 33.7. The fourth-order valence-electron chi connectivity index (χ4n) is 3.15. The monoisotopic (exact) mass is 350 g/mol. The number of carbonyl (C=O) groups is 2. The molecule has 1 aliphatic heterocycles. The van der Waals surface area contributed by atoms with Crippen molar-refractivity contribution in [2.24, 2.45) is 5.92 Å². The molecule has 1 aliphatic rings. The van der Waals surface area contributed by atoms with E-state index in [1.54, 1.807) is 36.5 Å². The highest BCUT2D eigenvalue weighted by molar-refractivity contribution is 6.03. The van der Waals surface area contributed by atoms with E-state index in [9.17, 15) is 9.59 Å². The zero-order valence-electron chi connectivity index (χ0n) is 14.2. The maximum Gasteiger partial charge on any atom is 0.229 e. The lowest BCUT2D eigenvalue weighted by atomic mass is 10.1. The molecule has 132 valence electrons. The van der Waals surface area contributed by atoms with Crippen LogP contribution in [0, 0.1) is 5.92 Å². The van der Waals surface area contributed by atoms with Crippen molar-refractivity contribution in [3.8, 4) is 5.75 Å². The number of aromatic amines is 1. The normalized spacial score (nSPS) is 16.9. The Kier molecular flexibility index (Phi) is 4.04. The first-order valence-corrected chi connectivity index (χ1v) is 8.32. The van der Waals surface area contributed by atoms with Gasteiger partial charge in [0.25, 0.3) is 0 Å². The molecular formula is C19H18N4O3. The smallest absolute Gasteiger partial charge is 0.229 e. The molecule has 1 atom stereocenters. The van der Waals surface area contributed by atoms with Crippen LogP contribution >= 0.6 is 0 Å². The molecule has 1 saturated heterocycles. The maximum atomic E-state index is 12.6. The van der Waals surface area contributed by atoms with Gasteiger partial charge in [-0.2, -0.15) is 0 Å². The molecule has 2 aromatic carbocycles. The van der Waals surface area contributed by atoms with Crippen molar-refractivity contribution in [1.82, 2.24) is 9.97 Å². The Bertz CT molecular complexity index is 964. The topological polar surface area (TPSA) is 87.3 Å². The summed E-state index contributed by atoms with van der Waals surface area (Å²) in [5.74, 6) is 0.124. The van der Waals surface area contributed by atoms with Gasteiger partial charge in [0.1, 0.15) is 5.75 Å². The molecule has 7 heteroatoms. The SMILES string of the molecule is COc1ccc(N2C[C@H](C(=O)Nc3ccc4nc[nH]c4c3)CC2=O)cc1. The van der Waals surface area contributed by atoms with E-state index in [2.05, 4.69) is 15.3 Å². The van der Waals surface area contributed by atoms with Gasteiger partial charge in [-0.1, -0.05) is 0 Å². The van der Waals surface area contributed by atoms with E-state index < -0.39 is 0 Å². The molecule has 0 bridgehead atoms. The van der Waals surface area contributed by atoms with Gasteiger partial charge in [0.15, 0.2) is 0 Å². The van der Waals surface area contributed by atoms with Crippen molar-refractivity contribution < 1.29 is 14.3 Å². The van der Waals surface area contributed by atoms with Gasteiger partial charge < -0.3 is 19.9 Å². The number of hydrogen-bond donors (Lipinski definition) is 2. The van der Waals surface area contributed by atoms with Crippen molar-refractivity contribution >= 4 is 34.2 Å². The predicted molar refractivity (Wildman–Crippen MR) is 98.2 cm³/mol. The van der Waals surface area contributed by atoms with Crippen LogP contribution in [0.5, 0.6) is 5.75 Å². The van der Waals surface area contributed by atoms with E-state index in [1.165, 1.54) is 0 Å². The van der Waals surface area contributed by atoms with Crippen molar-refractivity contribution in [1.29, 1.82) is 0 Å². The first-order valence-electron chi connectivity index (χ1n) is 8.32. The Morgan fingerprint density at radius 2 is 2.08 bits per heavy atom. The molecule has 2 amide bonds. The molecule has 0 unspecified atom stereocenters. The highest BCUT2D eigenvalue weighted by Crippen LogP contribution is 2.27. The maximum absolute atomic E-state index is 12.6. The number of nitrogens with zero attached hydrogens (tertiary/aromatic N) is 2. The number of fused-ring (bicyclic) bond motifs is 1. The molecule has 1 aromatic heterocycles. The van der Waals surface area contributed by atoms with E-state index in [4.69, 9.17) is 4.74 Å². The van der Waals surface area contributed by atoms with Crippen molar-refractivity contribution in [3.05, 3.63) is 48.8 Å². The Balaban J connectivity index is 1.45. The number of aromatic nitrogens is 2. The number of carbonyl (C=O) groups excluding carboxylic acids is 2. The molecule has 1 fully saturated rings. The number of imidazole rings is 1. The van der Waals surface area contributed by atoms with Gasteiger partial charge in [-0.3, -0.25) is 9.59 Å². The molecule has 4 rings (SSSR count). The molecule has 26 heavy (non-hydrogen) atoms. The first-order chi connectivity index (χ1) is 12.6. The number of methoxy groups -OCH3 is 1. The fourth-order valence-corrected chi connectivity index (χ4v) is 3.15. The van der Waals surface area contributed by atoms with Crippen LogP contribution in [0.4, 0.5) is 11.4 Å². The van der Waals surface area contributed by atoms with E-state index >= 15 is 0 Å². The number of hydrogen-bond acceptors (Lipinski definition) is 4. The Hall–Kier alpha value is -3.35. The van der Waals surface area contributed by atoms with Crippen LogP contribution in [0.1, 0.15) is 6.42 Å². The summed E-state index contributed by atoms with van der Waals surface area (Å²) < 4.78 is 5.13. The van der Waals surface area contributed by atoms with Crippen LogP contribution in [-0.4, -0.2) is 35.4 Å². The largest absolute Gasteiger partial charge is 0.497 e. The van der Waals surface area contributed by atoms with Crippen LogP contribution in [0.15, 0.2) is 48.8 Å². The molecule has 0 radical (unpaired) electrons. The minimum Gasteiger partial charge on any atom is -0.497 e. The summed E-state index contributed by atoms with van der Waals surface area (Å²) in [5, 5.41) is 2.89. The molecule has 0 saturated carbocycles. The first kappa shape index (κ1) is 16.1. The van der Waals surface area contributed by atoms with E-state index in [-0.39, 0.29) is 24.2 Å². The second-order valence-corrected chi connectivity index (χ2v) is 6.23. The van der Waals surface area contributed by atoms with Gasteiger partial charge in [0.05, 0.1) is 30.4 Å². The van der Waals surface area contributed by atoms with E-state index in [0.717, 1.165) is 22.5 Å². The standard InChI is InChI=1S/C19H18N4O3/c1-26-15-5-3-14(4-6-15)23-10-12(8-18(23)24)19(25)22-13-2-7-16-17(9-13)21-11-20-16/h2-7,9,11-12H,8,10H2,1H3,(H,20,21)(H,22,25)/t12-/m1/s1. The lowest BCUT2D eigenvalue weighted by Gasteiger charge is -2.17. The lowest BCUT2D eigenvalue weighted by Crippen LogP contribution is -2.28. The average molecular weight is 350 g/mol. The van der Waals surface area contributed by atoms with Gasteiger partial charge in [-0.05, 0) is 42.5 Å². The van der Waals surface area contributed by atoms with Crippen LogP contribution < -0.4 is 15.0 Å². The number of rotatable bonds is 4. The third kappa shape index (κ3) is 2.99. The summed E-state index contributed by atoms with van der Waals surface area (Å²) in [6.07, 6.45) is 1.81. The van der Waals surface area contributed by atoms with Crippen LogP contribution in [-0.2, 0) is 9.59 Å². The molecule has 2 heterocycles. The van der Waals surface area contributed by atoms with Crippen molar-refractivity contribution in [3.63, 3.8) is 0 Å². The number of nitrogens with one attached hydrogen (secondary N) is 2. The van der Waals surface area contributed by atoms with Crippen molar-refractivity contribution in [2.75, 3.05) is 23.9 Å². The molecule has 0 spiro atoms. The van der Waals surface area contributed by atoms with Gasteiger partial charge in [0, 0.05) is 24.3 Å². The highest BCUT2D eigenvalue weighted by atomic mass is 16.5. The van der Waals surface area contributed by atoms with Crippen LogP contribution in [0.25, 0.3) is 11.0 Å². The second-order valence-electron chi connectivity index (χ2n) is 6.23. The van der Waals surface area contributed by atoms with Crippen molar-refractivity contribution in [2.45, 2.75) is 6.42 Å². The van der Waals surface area contributed by atoms with Crippen LogP contribution in [0.3, 0.4) is 0 Å². The second kappa shape index (κ2) is 6.51. The number of ether oxygens (including phenoxy) is 1. The fraction of sp³-hybridized carbons (Fsp3) is 0.211. The molecule has 2 N–H and O–H groups in total. The van der Waals surface area contributed by atoms with Crippen LogP contribution in [0.2, 0.25) is 0 Å². The van der Waals surface area contributed by atoms with E-state index in [1.807, 2.05) is 24.3 Å². The number of benzene rings is 2. The number of H-pyrrole nitrogens is 1. The van der Waals surface area contributed by atoms with Gasteiger partial charge >= 0.3 is 0 Å². The number of amides is 2. The molecule has 7 nitrogen and oxygen atoms in total. The van der Waals surface area contributed by atoms with Gasteiger partial charge in [0.2, 0.25) is 11.8 Å². The van der Waals surface area contributed by atoms with E-state index in [0.29, 0.717) is 12.2 Å². The summed E-state index contributed by atoms with van der Waals surface area (Å²) >= 11 is 0. The lowest BCUT2D eigenvalue weighted by molar-refractivity contribution is -0.122. The summed E-state index contributed by atoms with van der Waals surface area (Å²) in [5.41, 5.74) is 3.14. The summed E-state index contributed by atoms with van der Waals surface area (Å²) in [7, 11) is 1.59. The highest BCUT2D eigenvalue weighted by Gasteiger charge is 2.35. The van der Waals surface area contributed by atoms with Gasteiger partial charge in [-0.15, -0.1) is 0 Å². The summed E-state index contributed by atoms with van der Waals surface area (Å²) in [6, 6.07) is 12.7. The Labute approximate surface area is 150 Å².